The van der Waals surface area contributed by atoms with Gasteiger partial charge in [-0.2, -0.15) is 36.8 Å². The minimum Gasteiger partial charge on any atom is -0.423 e. The summed E-state index contributed by atoms with van der Waals surface area (Å²) in [5, 5.41) is 12.7. The van der Waals surface area contributed by atoms with Crippen molar-refractivity contribution < 1.29 is 44.9 Å². The third-order valence-corrected chi connectivity index (χ3v) is 14.3. The van der Waals surface area contributed by atoms with Crippen LogP contribution in [0.25, 0.3) is 55.2 Å². The minimum atomic E-state index is -4.95. The number of hydrogen-bond acceptors (Lipinski definition) is 16. The van der Waals surface area contributed by atoms with Gasteiger partial charge in [-0.15, -0.1) is 9.97 Å². The summed E-state index contributed by atoms with van der Waals surface area (Å²) in [7, 11) is -9.90. The Morgan fingerprint density at radius 2 is 0.613 bits per heavy atom. The molecule has 12 aromatic rings. The lowest BCUT2D eigenvalue weighted by Gasteiger charge is -2.13. The maximum atomic E-state index is 13.0. The summed E-state index contributed by atoms with van der Waals surface area (Å²) in [6.07, 6.45) is 2.53. The van der Waals surface area contributed by atoms with Gasteiger partial charge < -0.3 is 29.6 Å². The van der Waals surface area contributed by atoms with Gasteiger partial charge in [-0.25, -0.2) is 0 Å². The maximum Gasteiger partial charge on any atom is 0.330 e. The fraction of sp³-hybridized carbons (Fsp3) is 0. The van der Waals surface area contributed by atoms with Crippen LogP contribution in [-0.2, 0) is 20.2 Å². The second-order valence-corrected chi connectivity index (χ2v) is 20.6. The maximum absolute atomic E-state index is 13.0. The van der Waals surface area contributed by atoms with E-state index in [1.54, 1.807) is 24.3 Å². The Hall–Kier alpha value is -10.4. The monoisotopic (exact) mass is 1100 g/mol. The van der Waals surface area contributed by atoms with Gasteiger partial charge in [-0.3, -0.25) is 9.11 Å². The number of aromatic nitrogens is 6. The number of anilines is 4. The summed E-state index contributed by atoms with van der Waals surface area (Å²) >= 11 is 0. The molecule has 0 unspecified atom stereocenters. The number of benzene rings is 10. The van der Waals surface area contributed by atoms with Crippen molar-refractivity contribution in [3.05, 3.63) is 217 Å². The molecule has 18 nitrogen and oxygen atoms in total. The number of nitrogens with zero attached hydrogens (tertiary/aromatic N) is 6. The van der Waals surface area contributed by atoms with Gasteiger partial charge in [-0.1, -0.05) is 170 Å². The molecule has 20 heteroatoms. The first-order valence-corrected chi connectivity index (χ1v) is 27.3. The molecule has 0 aliphatic rings. The average Bonchev–Trinajstić information content (AvgIpc) is 3.45. The summed E-state index contributed by atoms with van der Waals surface area (Å²) in [6, 6.07) is 59.8. The Bertz CT molecular complexity index is 4150. The molecule has 0 bridgehead atoms. The topological polar surface area (TPSA) is 247 Å². The lowest BCUT2D eigenvalue weighted by Crippen LogP contribution is -2.06. The zero-order valence-corrected chi connectivity index (χ0v) is 43.1. The Morgan fingerprint density at radius 3 is 0.900 bits per heavy atom. The van der Waals surface area contributed by atoms with Gasteiger partial charge in [-0.05, 0) is 81.2 Å². The number of hydrogen-bond donors (Lipinski definition) is 4. The molecule has 0 aliphatic heterocycles. The highest BCUT2D eigenvalue weighted by molar-refractivity contribution is 7.86. The van der Waals surface area contributed by atoms with Crippen molar-refractivity contribution in [1.29, 1.82) is 0 Å². The second kappa shape index (κ2) is 21.2. The lowest BCUT2D eigenvalue weighted by molar-refractivity contribution is 0.402. The molecular formula is C60H40N8O10S2. The van der Waals surface area contributed by atoms with E-state index in [9.17, 15) is 25.9 Å². The zero-order chi connectivity index (χ0) is 54.8. The van der Waals surface area contributed by atoms with E-state index in [2.05, 4.69) is 40.5 Å². The number of nitrogens with one attached hydrogen (secondary N) is 2. The predicted molar refractivity (Wildman–Crippen MR) is 304 cm³/mol. The number of ether oxygens (including phenoxy) is 4. The van der Waals surface area contributed by atoms with Crippen molar-refractivity contribution in [2.75, 3.05) is 10.6 Å². The van der Waals surface area contributed by atoms with Crippen LogP contribution >= 0.6 is 0 Å². The van der Waals surface area contributed by atoms with E-state index in [0.717, 1.165) is 55.2 Å². The van der Waals surface area contributed by atoms with Crippen LogP contribution in [0.1, 0.15) is 11.1 Å². The molecule has 12 rings (SSSR count). The average molecular weight is 1100 g/mol. The molecule has 2 heterocycles. The standard InChI is InChI=1S/C60H40N8O10S2/c69-79(70,71)53-35-43(61-55-63-57(75-49-25-9-17-37-13-1-5-21-45(37)49)67-58(64-55)76-50-26-10-18-38-14-2-6-22-46(38)50)33-31-41(53)29-30-42-32-34-44(36-54(42)80(72,73)74)62-56-65-59(77-51-27-11-19-39-15-3-7-23-47(39)51)68-60(66-56)78-52-28-12-20-40-16-4-8-24-48(40)52/h1-36H,(H,69,70,71)(H,72,73,74)(H,61,63,64,67)(H,62,65,66,68). The lowest BCUT2D eigenvalue weighted by atomic mass is 10.1. The van der Waals surface area contributed by atoms with E-state index < -0.39 is 30.0 Å². The highest BCUT2D eigenvalue weighted by Crippen LogP contribution is 2.36. The molecule has 0 saturated heterocycles. The molecule has 4 N–H and O–H groups in total. The molecule has 0 amide bonds. The smallest absolute Gasteiger partial charge is 0.330 e. The Kier molecular flexibility index (Phi) is 13.4. The molecule has 0 radical (unpaired) electrons. The predicted octanol–water partition coefficient (Wildman–Crippen LogP) is 14.0. The molecule has 0 spiro atoms. The Balaban J connectivity index is 0.847. The van der Waals surface area contributed by atoms with Gasteiger partial charge in [0.2, 0.25) is 11.9 Å². The molecular weight excluding hydrogens is 1060 g/mol. The molecule has 0 fully saturated rings. The normalized spacial score (nSPS) is 11.8. The Labute approximate surface area is 456 Å². The van der Waals surface area contributed by atoms with Crippen LogP contribution in [0.2, 0.25) is 0 Å². The Morgan fingerprint density at radius 1 is 0.338 bits per heavy atom. The minimum absolute atomic E-state index is 0.0558. The number of rotatable bonds is 16. The van der Waals surface area contributed by atoms with Crippen LogP contribution in [0, 0.1) is 0 Å². The number of fused-ring (bicyclic) bond motifs is 4. The van der Waals surface area contributed by atoms with Crippen molar-refractivity contribution >= 4 is 98.7 Å². The van der Waals surface area contributed by atoms with Crippen LogP contribution in [0.3, 0.4) is 0 Å². The highest BCUT2D eigenvalue weighted by Gasteiger charge is 2.21. The summed E-state index contributed by atoms with van der Waals surface area (Å²) in [5.41, 5.74) is 0.105. The first-order chi connectivity index (χ1) is 38.8. The quantitative estimate of drug-likeness (QED) is 0.0519. The highest BCUT2D eigenvalue weighted by atomic mass is 32.2. The van der Waals surface area contributed by atoms with Gasteiger partial charge in [0.15, 0.2) is 0 Å². The van der Waals surface area contributed by atoms with Crippen molar-refractivity contribution in [3.8, 4) is 47.0 Å². The van der Waals surface area contributed by atoms with Crippen LogP contribution in [0.15, 0.2) is 216 Å². The van der Waals surface area contributed by atoms with Gasteiger partial charge in [0.05, 0.1) is 0 Å². The fourth-order valence-corrected chi connectivity index (χ4v) is 10.3. The summed E-state index contributed by atoms with van der Waals surface area (Å²) < 4.78 is 98.3. The molecule has 392 valence electrons. The van der Waals surface area contributed by atoms with Gasteiger partial charge in [0.1, 0.15) is 32.8 Å². The van der Waals surface area contributed by atoms with Gasteiger partial charge in [0, 0.05) is 32.9 Å². The summed E-state index contributed by atoms with van der Waals surface area (Å²) in [6.45, 7) is 0. The van der Waals surface area contributed by atoms with Gasteiger partial charge >= 0.3 is 24.0 Å². The largest absolute Gasteiger partial charge is 0.423 e. The summed E-state index contributed by atoms with van der Waals surface area (Å²) in [5.74, 6) is 1.56. The van der Waals surface area contributed by atoms with Crippen molar-refractivity contribution in [2.45, 2.75) is 9.79 Å². The van der Waals surface area contributed by atoms with Crippen molar-refractivity contribution in [3.63, 3.8) is 0 Å². The van der Waals surface area contributed by atoms with Crippen molar-refractivity contribution in [2.24, 2.45) is 0 Å². The van der Waals surface area contributed by atoms with E-state index in [4.69, 9.17) is 18.9 Å². The molecule has 10 aromatic carbocycles. The molecule has 80 heavy (non-hydrogen) atoms. The summed E-state index contributed by atoms with van der Waals surface area (Å²) in [4.78, 5) is 25.7. The van der Waals surface area contributed by atoms with E-state index in [1.807, 2.05) is 146 Å². The van der Waals surface area contributed by atoms with E-state index >= 15 is 0 Å². The van der Waals surface area contributed by atoms with Crippen LogP contribution in [-0.4, -0.2) is 55.8 Å². The molecule has 2 aromatic heterocycles. The van der Waals surface area contributed by atoms with Crippen LogP contribution in [0.4, 0.5) is 23.3 Å². The molecule has 0 aliphatic carbocycles. The van der Waals surface area contributed by atoms with E-state index in [1.165, 1.54) is 36.4 Å². The zero-order valence-electron chi connectivity index (χ0n) is 41.4. The first-order valence-electron chi connectivity index (χ1n) is 24.4. The van der Waals surface area contributed by atoms with Crippen molar-refractivity contribution in [1.82, 2.24) is 29.9 Å². The van der Waals surface area contributed by atoms with E-state index in [-0.39, 0.29) is 58.4 Å². The van der Waals surface area contributed by atoms with E-state index in [0.29, 0.717) is 23.0 Å². The fourth-order valence-electron chi connectivity index (χ4n) is 8.89. The SMILES string of the molecule is O=S(=O)(O)c1cc(Nc2nc(Oc3cccc4ccccc34)nc(Oc3cccc4ccccc34)n2)ccc1C=Cc1ccc(Nc2nc(Oc3cccc4ccccc34)nc(Oc3cccc4ccccc34)n2)cc1S(=O)(=O)O. The van der Waals surface area contributed by atoms with Crippen LogP contribution in [0.5, 0.6) is 47.0 Å². The molecule has 0 saturated carbocycles. The third-order valence-electron chi connectivity index (χ3n) is 12.5. The van der Waals surface area contributed by atoms with Crippen LogP contribution < -0.4 is 29.6 Å². The molecule has 0 atom stereocenters. The third kappa shape index (κ3) is 11.1. The second-order valence-electron chi connectivity index (χ2n) is 17.8. The van der Waals surface area contributed by atoms with Gasteiger partial charge in [0.25, 0.3) is 20.2 Å². The first kappa shape index (κ1) is 50.4.